The van der Waals surface area contributed by atoms with Crippen LogP contribution >= 0.6 is 0 Å². The van der Waals surface area contributed by atoms with Crippen LogP contribution in [0.1, 0.15) is 29.3 Å². The summed E-state index contributed by atoms with van der Waals surface area (Å²) in [6.45, 7) is 2.50. The van der Waals surface area contributed by atoms with Crippen LogP contribution in [0.4, 0.5) is 0 Å². The first-order chi connectivity index (χ1) is 12.0. The zero-order valence-corrected chi connectivity index (χ0v) is 14.2. The second-order valence-corrected chi connectivity index (χ2v) is 6.44. The molecule has 0 radical (unpaired) electrons. The van der Waals surface area contributed by atoms with E-state index in [1.165, 1.54) is 6.20 Å². The number of nitrogens with one attached hydrogen (secondary N) is 1. The molecule has 25 heavy (non-hydrogen) atoms. The van der Waals surface area contributed by atoms with Crippen LogP contribution in [0.2, 0.25) is 0 Å². The molecule has 1 aliphatic rings. The molecule has 2 N–H and O–H groups in total. The molecule has 3 rings (SSSR count). The standard InChI is InChI=1S/C18H21N3O4/c1-11-7-15(11)16(18(23)24)20-17(22)13-8-19-21(10-13)9-12-3-5-14(25-2)6-4-12/h3-6,8,10-11,15-16H,7,9H2,1-2H3,(H,20,22)(H,23,24). The fourth-order valence-electron chi connectivity index (χ4n) is 2.88. The average Bonchev–Trinajstić information content (AvgIpc) is 3.12. The molecule has 1 heterocycles. The number of methoxy groups -OCH3 is 1. The Labute approximate surface area is 145 Å². The van der Waals surface area contributed by atoms with E-state index in [4.69, 9.17) is 4.74 Å². The lowest BCUT2D eigenvalue weighted by molar-refractivity contribution is -0.139. The number of aromatic nitrogens is 2. The Morgan fingerprint density at radius 3 is 2.64 bits per heavy atom. The summed E-state index contributed by atoms with van der Waals surface area (Å²) in [5, 5.41) is 16.1. The fourth-order valence-corrected chi connectivity index (χ4v) is 2.88. The van der Waals surface area contributed by atoms with Crippen molar-refractivity contribution in [2.24, 2.45) is 11.8 Å². The van der Waals surface area contributed by atoms with E-state index >= 15 is 0 Å². The second kappa shape index (κ2) is 6.96. The van der Waals surface area contributed by atoms with Gasteiger partial charge in [-0.05, 0) is 36.0 Å². The van der Waals surface area contributed by atoms with Gasteiger partial charge in [0.25, 0.3) is 5.91 Å². The quantitative estimate of drug-likeness (QED) is 0.799. The van der Waals surface area contributed by atoms with Crippen LogP contribution in [-0.2, 0) is 11.3 Å². The minimum absolute atomic E-state index is 0.00999. The van der Waals surface area contributed by atoms with Gasteiger partial charge in [0.2, 0.25) is 0 Å². The van der Waals surface area contributed by atoms with E-state index in [9.17, 15) is 14.7 Å². The zero-order chi connectivity index (χ0) is 18.0. The number of rotatable bonds is 7. The number of ether oxygens (including phenoxy) is 1. The third-order valence-corrected chi connectivity index (χ3v) is 4.55. The number of amides is 1. The highest BCUT2D eigenvalue weighted by atomic mass is 16.5. The van der Waals surface area contributed by atoms with Crippen LogP contribution in [0.15, 0.2) is 36.7 Å². The van der Waals surface area contributed by atoms with Crippen molar-refractivity contribution < 1.29 is 19.4 Å². The van der Waals surface area contributed by atoms with Crippen molar-refractivity contribution in [3.05, 3.63) is 47.8 Å². The van der Waals surface area contributed by atoms with Crippen molar-refractivity contribution >= 4 is 11.9 Å². The first-order valence-corrected chi connectivity index (χ1v) is 8.17. The minimum Gasteiger partial charge on any atom is -0.497 e. The van der Waals surface area contributed by atoms with Gasteiger partial charge < -0.3 is 15.2 Å². The van der Waals surface area contributed by atoms with Crippen molar-refractivity contribution in [3.8, 4) is 5.75 Å². The molecule has 0 spiro atoms. The van der Waals surface area contributed by atoms with E-state index in [-0.39, 0.29) is 5.92 Å². The van der Waals surface area contributed by atoms with Crippen molar-refractivity contribution in [1.29, 1.82) is 0 Å². The molecule has 1 amide bonds. The zero-order valence-electron chi connectivity index (χ0n) is 14.2. The number of carbonyl (C=O) groups excluding carboxylic acids is 1. The lowest BCUT2D eigenvalue weighted by atomic mass is 10.1. The number of carbonyl (C=O) groups is 2. The summed E-state index contributed by atoms with van der Waals surface area (Å²) in [6.07, 6.45) is 3.90. The monoisotopic (exact) mass is 343 g/mol. The average molecular weight is 343 g/mol. The van der Waals surface area contributed by atoms with Gasteiger partial charge in [0.1, 0.15) is 11.8 Å². The molecule has 7 nitrogen and oxygen atoms in total. The molecule has 1 aromatic heterocycles. The minimum atomic E-state index is -0.992. The first kappa shape index (κ1) is 17.0. The Bertz CT molecular complexity index is 769. The molecule has 1 fully saturated rings. The molecule has 3 unspecified atom stereocenters. The summed E-state index contributed by atoms with van der Waals surface area (Å²) in [5.41, 5.74) is 1.37. The Morgan fingerprint density at radius 1 is 1.40 bits per heavy atom. The van der Waals surface area contributed by atoms with Crippen molar-refractivity contribution in [2.75, 3.05) is 7.11 Å². The number of carboxylic acids is 1. The van der Waals surface area contributed by atoms with Crippen molar-refractivity contribution in [1.82, 2.24) is 15.1 Å². The maximum absolute atomic E-state index is 12.3. The molecule has 0 bridgehead atoms. The van der Waals surface area contributed by atoms with Crippen molar-refractivity contribution in [2.45, 2.75) is 25.9 Å². The maximum Gasteiger partial charge on any atom is 0.326 e. The summed E-state index contributed by atoms with van der Waals surface area (Å²) in [6, 6.07) is 6.73. The topological polar surface area (TPSA) is 93.5 Å². The molecule has 132 valence electrons. The number of carboxylic acid groups (broad SMARTS) is 1. The molecule has 7 heteroatoms. The molecule has 1 saturated carbocycles. The second-order valence-electron chi connectivity index (χ2n) is 6.44. The highest BCUT2D eigenvalue weighted by Crippen LogP contribution is 2.40. The van der Waals surface area contributed by atoms with Crippen LogP contribution in [0.25, 0.3) is 0 Å². The van der Waals surface area contributed by atoms with E-state index in [0.29, 0.717) is 18.0 Å². The predicted molar refractivity (Wildman–Crippen MR) is 90.5 cm³/mol. The highest BCUT2D eigenvalue weighted by molar-refractivity contribution is 5.96. The number of hydrogen-bond donors (Lipinski definition) is 2. The summed E-state index contributed by atoms with van der Waals surface area (Å²) in [4.78, 5) is 23.6. The molecule has 0 aliphatic heterocycles. The van der Waals surface area contributed by atoms with Crippen LogP contribution in [0.5, 0.6) is 5.75 Å². The van der Waals surface area contributed by atoms with Gasteiger partial charge in [-0.2, -0.15) is 5.10 Å². The van der Waals surface area contributed by atoms with E-state index in [1.807, 2.05) is 31.2 Å². The SMILES string of the molecule is COc1ccc(Cn2cc(C(=O)NC(C(=O)O)C3CC3C)cn2)cc1. The first-order valence-electron chi connectivity index (χ1n) is 8.17. The Kier molecular flexibility index (Phi) is 4.74. The van der Waals surface area contributed by atoms with Gasteiger partial charge in [0.05, 0.1) is 25.4 Å². The Hall–Kier alpha value is -2.83. The van der Waals surface area contributed by atoms with Gasteiger partial charge in [-0.25, -0.2) is 4.79 Å². The van der Waals surface area contributed by atoms with Gasteiger partial charge in [-0.3, -0.25) is 9.48 Å². The third-order valence-electron chi connectivity index (χ3n) is 4.55. The summed E-state index contributed by atoms with van der Waals surface area (Å²) < 4.78 is 6.76. The van der Waals surface area contributed by atoms with Crippen molar-refractivity contribution in [3.63, 3.8) is 0 Å². The normalized spacial score (nSPS) is 19.9. The van der Waals surface area contributed by atoms with Crippen LogP contribution in [0.3, 0.4) is 0 Å². The van der Waals surface area contributed by atoms with Gasteiger partial charge in [-0.15, -0.1) is 0 Å². The van der Waals surface area contributed by atoms with Crippen LogP contribution < -0.4 is 10.1 Å². The number of nitrogens with zero attached hydrogens (tertiary/aromatic N) is 2. The van der Waals surface area contributed by atoms with E-state index in [0.717, 1.165) is 17.7 Å². The smallest absolute Gasteiger partial charge is 0.326 e. The summed E-state index contributed by atoms with van der Waals surface area (Å²) in [7, 11) is 1.61. The van der Waals surface area contributed by atoms with Gasteiger partial charge in [0.15, 0.2) is 0 Å². The molecule has 2 aromatic rings. The van der Waals surface area contributed by atoms with Gasteiger partial charge >= 0.3 is 5.97 Å². The highest BCUT2D eigenvalue weighted by Gasteiger charge is 2.44. The molecule has 3 atom stereocenters. The lowest BCUT2D eigenvalue weighted by Gasteiger charge is -2.13. The molecular formula is C18H21N3O4. The third kappa shape index (κ3) is 3.99. The van der Waals surface area contributed by atoms with Gasteiger partial charge in [0, 0.05) is 6.20 Å². The number of hydrogen-bond acceptors (Lipinski definition) is 4. The Balaban J connectivity index is 1.63. The summed E-state index contributed by atoms with van der Waals surface area (Å²) in [5.74, 6) is -0.283. The lowest BCUT2D eigenvalue weighted by Crippen LogP contribution is -2.42. The van der Waals surface area contributed by atoms with Crippen LogP contribution in [0, 0.1) is 11.8 Å². The fraction of sp³-hybridized carbons (Fsp3) is 0.389. The number of aliphatic carboxylic acids is 1. The van der Waals surface area contributed by atoms with E-state index in [2.05, 4.69) is 10.4 Å². The van der Waals surface area contributed by atoms with E-state index in [1.54, 1.807) is 18.0 Å². The number of benzene rings is 1. The molecular weight excluding hydrogens is 322 g/mol. The van der Waals surface area contributed by atoms with Crippen LogP contribution in [-0.4, -0.2) is 39.9 Å². The van der Waals surface area contributed by atoms with Gasteiger partial charge in [-0.1, -0.05) is 19.1 Å². The Morgan fingerprint density at radius 2 is 2.08 bits per heavy atom. The maximum atomic E-state index is 12.3. The molecule has 1 aromatic carbocycles. The molecule has 1 aliphatic carbocycles. The predicted octanol–water partition coefficient (Wildman–Crippen LogP) is 1.78. The molecule has 0 saturated heterocycles. The van der Waals surface area contributed by atoms with E-state index < -0.39 is 17.9 Å². The summed E-state index contributed by atoms with van der Waals surface area (Å²) >= 11 is 0. The largest absolute Gasteiger partial charge is 0.497 e.